The number of rotatable bonds is 9. The van der Waals surface area contributed by atoms with Crippen molar-refractivity contribution in [2.45, 2.75) is 80.1 Å². The summed E-state index contributed by atoms with van der Waals surface area (Å²) in [5.41, 5.74) is -0.573. The van der Waals surface area contributed by atoms with Crippen molar-refractivity contribution >= 4 is 11.9 Å². The summed E-state index contributed by atoms with van der Waals surface area (Å²) in [7, 11) is 0. The molecular weight excluding hydrogens is 268 g/mol. The van der Waals surface area contributed by atoms with Gasteiger partial charge in [0.25, 0.3) is 0 Å². The minimum absolute atomic E-state index is 0.0593. The average molecular weight is 302 g/mol. The van der Waals surface area contributed by atoms with Crippen molar-refractivity contribution in [3.05, 3.63) is 0 Å². The fourth-order valence-corrected chi connectivity index (χ4v) is 1.76. The van der Waals surface area contributed by atoms with E-state index in [9.17, 15) is 9.59 Å². The Hall–Kier alpha value is -1.06. The molecule has 0 aromatic rings. The van der Waals surface area contributed by atoms with Crippen molar-refractivity contribution in [3.63, 3.8) is 0 Å². The lowest BCUT2D eigenvalue weighted by molar-refractivity contribution is -0.150. The van der Waals surface area contributed by atoms with Gasteiger partial charge in [0.05, 0.1) is 12.0 Å². The van der Waals surface area contributed by atoms with Crippen molar-refractivity contribution in [3.8, 4) is 0 Å². The Morgan fingerprint density at radius 1 is 1.10 bits per heavy atom. The lowest BCUT2D eigenvalue weighted by Gasteiger charge is -2.26. The van der Waals surface area contributed by atoms with Crippen LogP contribution < -0.4 is 0 Å². The molecule has 0 spiro atoms. The van der Waals surface area contributed by atoms with Gasteiger partial charge in [-0.05, 0) is 39.5 Å². The van der Waals surface area contributed by atoms with Gasteiger partial charge >= 0.3 is 11.9 Å². The number of carbonyl (C=O) groups excluding carboxylic acids is 1. The van der Waals surface area contributed by atoms with Crippen LogP contribution in [0.3, 0.4) is 0 Å². The minimum atomic E-state index is -0.696. The number of carbonyl (C=O) groups is 2. The number of ether oxygens (including phenoxy) is 1. The zero-order valence-corrected chi connectivity index (χ0v) is 14.7. The Morgan fingerprint density at radius 3 is 2.05 bits per heavy atom. The van der Waals surface area contributed by atoms with Crippen LogP contribution in [-0.2, 0) is 14.3 Å². The monoisotopic (exact) mass is 302 g/mol. The Balaban J connectivity index is 0. The fraction of sp³-hybridized carbons (Fsp3) is 0.882. The van der Waals surface area contributed by atoms with Crippen LogP contribution in [0.1, 0.15) is 80.1 Å². The lowest BCUT2D eigenvalue weighted by Crippen LogP contribution is -2.30. The highest BCUT2D eigenvalue weighted by atomic mass is 16.5. The normalized spacial score (nSPS) is 12.1. The van der Waals surface area contributed by atoms with E-state index in [0.29, 0.717) is 13.0 Å². The number of unbranched alkanes of at least 4 members (excludes halogenated alkanes) is 2. The molecule has 0 amide bonds. The van der Waals surface area contributed by atoms with E-state index < -0.39 is 11.4 Å². The third-order valence-corrected chi connectivity index (χ3v) is 3.79. The van der Waals surface area contributed by atoms with E-state index in [2.05, 4.69) is 13.8 Å². The van der Waals surface area contributed by atoms with Crippen molar-refractivity contribution in [2.75, 3.05) is 6.61 Å². The predicted octanol–water partition coefficient (Wildman–Crippen LogP) is 4.66. The van der Waals surface area contributed by atoms with Gasteiger partial charge in [-0.25, -0.2) is 0 Å². The van der Waals surface area contributed by atoms with Crippen LogP contribution in [0.5, 0.6) is 0 Å². The van der Waals surface area contributed by atoms with E-state index in [-0.39, 0.29) is 11.9 Å². The summed E-state index contributed by atoms with van der Waals surface area (Å²) in [6, 6.07) is 0. The standard InChI is InChI=1S/C9H18O2.C8H16O2/c1-5-6-7(2)9(3,4)8(10)11;1-3-5-6-7-8(9)10-4-2/h7H,5-6H2,1-4H3,(H,10,11);3-7H2,1-2H3. The molecule has 0 aliphatic rings. The van der Waals surface area contributed by atoms with Crippen molar-refractivity contribution < 1.29 is 19.4 Å². The summed E-state index contributed by atoms with van der Waals surface area (Å²) >= 11 is 0. The van der Waals surface area contributed by atoms with Crippen LogP contribution in [-0.4, -0.2) is 23.7 Å². The average Bonchev–Trinajstić information content (AvgIpc) is 2.40. The SMILES string of the molecule is CCCC(C)C(C)(C)C(=O)O.CCCCCC(=O)OCC. The Kier molecular flexibility index (Phi) is 13.4. The lowest BCUT2D eigenvalue weighted by atomic mass is 9.78. The van der Waals surface area contributed by atoms with E-state index in [1.54, 1.807) is 13.8 Å². The molecule has 0 aromatic carbocycles. The molecule has 126 valence electrons. The number of hydrogen-bond acceptors (Lipinski definition) is 3. The molecule has 0 heterocycles. The first-order chi connectivity index (χ1) is 9.73. The summed E-state index contributed by atoms with van der Waals surface area (Å²) in [5, 5.41) is 8.84. The molecule has 0 aliphatic heterocycles. The highest BCUT2D eigenvalue weighted by Gasteiger charge is 2.32. The van der Waals surface area contributed by atoms with E-state index in [1.165, 1.54) is 0 Å². The van der Waals surface area contributed by atoms with Crippen LogP contribution in [0.4, 0.5) is 0 Å². The Morgan fingerprint density at radius 2 is 1.67 bits per heavy atom. The summed E-state index contributed by atoms with van der Waals surface area (Å²) in [5.74, 6) is -0.501. The zero-order chi connectivity index (χ0) is 16.9. The predicted molar refractivity (Wildman–Crippen MR) is 86.3 cm³/mol. The van der Waals surface area contributed by atoms with Crippen LogP contribution in [0.15, 0.2) is 0 Å². The molecule has 0 fully saturated rings. The molecule has 0 aliphatic carbocycles. The molecule has 0 bridgehead atoms. The molecule has 4 nitrogen and oxygen atoms in total. The topological polar surface area (TPSA) is 63.6 Å². The van der Waals surface area contributed by atoms with Gasteiger partial charge in [-0.2, -0.15) is 0 Å². The summed E-state index contributed by atoms with van der Waals surface area (Å²) in [4.78, 5) is 21.4. The minimum Gasteiger partial charge on any atom is -0.481 e. The molecule has 4 heteroatoms. The van der Waals surface area contributed by atoms with Gasteiger partial charge in [-0.15, -0.1) is 0 Å². The third kappa shape index (κ3) is 11.3. The highest BCUT2D eigenvalue weighted by molar-refractivity contribution is 5.73. The first-order valence-corrected chi connectivity index (χ1v) is 8.12. The first kappa shape index (κ1) is 22.2. The van der Waals surface area contributed by atoms with Gasteiger partial charge in [0, 0.05) is 6.42 Å². The maximum absolute atomic E-state index is 10.7. The van der Waals surface area contributed by atoms with Crippen LogP contribution in [0.25, 0.3) is 0 Å². The Bertz CT molecular complexity index is 285. The van der Waals surface area contributed by atoms with Gasteiger partial charge in [0.1, 0.15) is 0 Å². The largest absolute Gasteiger partial charge is 0.481 e. The molecule has 0 radical (unpaired) electrons. The van der Waals surface area contributed by atoms with E-state index in [1.807, 2.05) is 13.8 Å². The highest BCUT2D eigenvalue weighted by Crippen LogP contribution is 2.29. The second-order valence-corrected chi connectivity index (χ2v) is 5.98. The number of carboxylic acids is 1. The second-order valence-electron chi connectivity index (χ2n) is 5.98. The number of aliphatic carboxylic acids is 1. The van der Waals surface area contributed by atoms with Gasteiger partial charge in [0.2, 0.25) is 0 Å². The smallest absolute Gasteiger partial charge is 0.309 e. The van der Waals surface area contributed by atoms with Gasteiger partial charge < -0.3 is 9.84 Å². The summed E-state index contributed by atoms with van der Waals surface area (Å²) < 4.78 is 4.75. The van der Waals surface area contributed by atoms with Crippen molar-refractivity contribution in [1.29, 1.82) is 0 Å². The molecule has 0 aromatic heterocycles. The van der Waals surface area contributed by atoms with Crippen molar-refractivity contribution in [2.24, 2.45) is 11.3 Å². The summed E-state index contributed by atoms with van der Waals surface area (Å²) in [6.07, 6.45) is 5.87. The molecular formula is C17H34O4. The Labute approximate surface area is 130 Å². The second kappa shape index (κ2) is 12.7. The van der Waals surface area contributed by atoms with Gasteiger partial charge in [-0.3, -0.25) is 9.59 Å². The third-order valence-electron chi connectivity index (χ3n) is 3.79. The number of esters is 1. The molecule has 1 unspecified atom stereocenters. The van der Waals surface area contributed by atoms with E-state index >= 15 is 0 Å². The first-order valence-electron chi connectivity index (χ1n) is 8.12. The van der Waals surface area contributed by atoms with Crippen LogP contribution in [0, 0.1) is 11.3 Å². The van der Waals surface area contributed by atoms with Crippen LogP contribution in [0.2, 0.25) is 0 Å². The quantitative estimate of drug-likeness (QED) is 0.497. The molecule has 21 heavy (non-hydrogen) atoms. The zero-order valence-electron chi connectivity index (χ0n) is 14.7. The number of hydrogen-bond donors (Lipinski definition) is 1. The van der Waals surface area contributed by atoms with Crippen LogP contribution >= 0.6 is 0 Å². The van der Waals surface area contributed by atoms with E-state index in [4.69, 9.17) is 9.84 Å². The maximum atomic E-state index is 10.7. The van der Waals surface area contributed by atoms with Crippen molar-refractivity contribution in [1.82, 2.24) is 0 Å². The van der Waals surface area contributed by atoms with Gasteiger partial charge in [0.15, 0.2) is 0 Å². The molecule has 1 atom stereocenters. The van der Waals surface area contributed by atoms with Gasteiger partial charge in [-0.1, -0.05) is 40.0 Å². The molecule has 1 N–H and O–H groups in total. The molecule has 0 rings (SSSR count). The fourth-order valence-electron chi connectivity index (χ4n) is 1.76. The molecule has 0 saturated heterocycles. The van der Waals surface area contributed by atoms with E-state index in [0.717, 1.165) is 32.1 Å². The molecule has 0 saturated carbocycles. The number of carboxylic acid groups (broad SMARTS) is 1. The summed E-state index contributed by atoms with van der Waals surface area (Å²) in [6.45, 7) is 12.1. The maximum Gasteiger partial charge on any atom is 0.309 e.